The minimum atomic E-state index is -0.841. The molecule has 4 atom stereocenters. The van der Waals surface area contributed by atoms with Crippen LogP contribution in [0.2, 0.25) is 5.02 Å². The number of thioether (sulfide) groups is 2. The molecule has 0 aliphatic rings. The number of carboxylic acids is 2. The number of carboxylic acid groups (broad SMARTS) is 2. The molecule has 0 radical (unpaired) electrons. The molecule has 0 aliphatic heterocycles. The smallest absolute Gasteiger partial charge is 0.307 e. The molecule has 0 saturated carbocycles. The summed E-state index contributed by atoms with van der Waals surface area (Å²) in [6, 6.07) is 17.6. The van der Waals surface area contributed by atoms with Gasteiger partial charge in [-0.1, -0.05) is 75.7 Å². The molecule has 2 N–H and O–H groups in total. The van der Waals surface area contributed by atoms with Crippen LogP contribution in [-0.2, 0) is 9.59 Å². The van der Waals surface area contributed by atoms with Crippen molar-refractivity contribution in [3.05, 3.63) is 76.4 Å². The van der Waals surface area contributed by atoms with Gasteiger partial charge in [-0.15, -0.1) is 23.5 Å². The summed E-state index contributed by atoms with van der Waals surface area (Å²) in [6.45, 7) is 7.22. The molecule has 0 spiro atoms. The Kier molecular flexibility index (Phi) is 9.88. The second-order valence-electron chi connectivity index (χ2n) is 8.84. The van der Waals surface area contributed by atoms with Gasteiger partial charge in [-0.05, 0) is 41.5 Å². The zero-order valence-corrected chi connectivity index (χ0v) is 23.0. The zero-order chi connectivity index (χ0) is 26.4. The van der Waals surface area contributed by atoms with Gasteiger partial charge < -0.3 is 10.2 Å². The van der Waals surface area contributed by atoms with Gasteiger partial charge in [0.2, 0.25) is 0 Å². The fourth-order valence-corrected chi connectivity index (χ4v) is 6.97. The van der Waals surface area contributed by atoms with E-state index < -0.39 is 23.8 Å². The van der Waals surface area contributed by atoms with E-state index in [1.54, 1.807) is 37.4 Å². The van der Waals surface area contributed by atoms with Crippen LogP contribution in [0, 0.1) is 11.8 Å². The van der Waals surface area contributed by atoms with Gasteiger partial charge in [0.25, 0.3) is 0 Å². The van der Waals surface area contributed by atoms with Crippen molar-refractivity contribution in [3.8, 4) is 0 Å². The van der Waals surface area contributed by atoms with Crippen molar-refractivity contribution in [2.24, 2.45) is 11.8 Å². The number of hydrogen-bond acceptors (Lipinski definition) is 5. The first-order valence-electron chi connectivity index (χ1n) is 11.7. The van der Waals surface area contributed by atoms with E-state index in [4.69, 9.17) is 11.6 Å². The Morgan fingerprint density at radius 3 is 2.08 bits per heavy atom. The molecule has 5 nitrogen and oxygen atoms in total. The molecule has 0 saturated heterocycles. The third-order valence-corrected chi connectivity index (χ3v) is 9.78. The Balaban J connectivity index is 1.86. The number of nitrogens with zero attached hydrogens (tertiary/aromatic N) is 1. The molecule has 3 rings (SSSR count). The SMILES string of the molecule is C[C@H](SC(S[C@@H](C)[C@@H](C)C(=O)O)c1cccc(C=Cc2ccc3ccc(Cl)cc3n2)c1)[C@@H](C)C(=O)O. The highest BCUT2D eigenvalue weighted by Gasteiger charge is 2.29. The monoisotopic (exact) mass is 543 g/mol. The van der Waals surface area contributed by atoms with E-state index in [-0.39, 0.29) is 15.1 Å². The predicted molar refractivity (Wildman–Crippen MR) is 153 cm³/mol. The first-order chi connectivity index (χ1) is 17.0. The Labute approximate surface area is 225 Å². The third kappa shape index (κ3) is 7.51. The lowest BCUT2D eigenvalue weighted by Gasteiger charge is -2.27. The molecule has 1 heterocycles. The lowest BCUT2D eigenvalue weighted by atomic mass is 10.1. The van der Waals surface area contributed by atoms with Crippen LogP contribution in [0.3, 0.4) is 0 Å². The zero-order valence-electron chi connectivity index (χ0n) is 20.6. The highest BCUT2D eigenvalue weighted by molar-refractivity contribution is 8.16. The fourth-order valence-electron chi connectivity index (χ4n) is 3.41. The normalized spacial score (nSPS) is 15.2. The summed E-state index contributed by atoms with van der Waals surface area (Å²) in [5.41, 5.74) is 3.63. The number of aromatic nitrogens is 1. The van der Waals surface area contributed by atoms with Crippen molar-refractivity contribution >= 4 is 70.1 Å². The van der Waals surface area contributed by atoms with Crippen molar-refractivity contribution in [1.82, 2.24) is 4.98 Å². The molecule has 3 aromatic rings. The lowest BCUT2D eigenvalue weighted by molar-refractivity contribution is -0.141. The molecule has 0 unspecified atom stereocenters. The molecule has 2 aromatic carbocycles. The first kappa shape index (κ1) is 28.1. The predicted octanol–water partition coefficient (Wildman–Crippen LogP) is 7.74. The second kappa shape index (κ2) is 12.7. The van der Waals surface area contributed by atoms with Gasteiger partial charge >= 0.3 is 11.9 Å². The maximum atomic E-state index is 11.5. The highest BCUT2D eigenvalue weighted by atomic mass is 35.5. The van der Waals surface area contributed by atoms with Gasteiger partial charge in [-0.3, -0.25) is 9.59 Å². The quantitative estimate of drug-likeness (QED) is 0.239. The van der Waals surface area contributed by atoms with Crippen molar-refractivity contribution in [2.75, 3.05) is 0 Å². The number of benzene rings is 2. The second-order valence-corrected chi connectivity index (χ2v) is 12.6. The molecular formula is C28H30ClNO4S2. The van der Waals surface area contributed by atoms with Crippen LogP contribution in [0.5, 0.6) is 0 Å². The summed E-state index contributed by atoms with van der Waals surface area (Å²) in [4.78, 5) is 27.7. The fraction of sp³-hybridized carbons (Fsp3) is 0.321. The molecule has 0 fully saturated rings. The standard InChI is InChI=1S/C28H30ClNO4S2/c1-16(26(31)32)18(3)35-28(36-19(4)17(2)27(33)34)22-7-5-6-20(14-22)8-12-24-13-10-21-9-11-23(29)15-25(21)30-24/h5-19,28H,1-4H3,(H,31,32)(H,33,34)/t16-,17-,18+,19+/m1/s1. The van der Waals surface area contributed by atoms with Gasteiger partial charge in [-0.25, -0.2) is 4.98 Å². The summed E-state index contributed by atoms with van der Waals surface area (Å²) >= 11 is 9.22. The molecule has 8 heteroatoms. The van der Waals surface area contributed by atoms with E-state index in [0.29, 0.717) is 5.02 Å². The van der Waals surface area contributed by atoms with E-state index in [2.05, 4.69) is 11.1 Å². The average Bonchev–Trinajstić information content (AvgIpc) is 2.85. The van der Waals surface area contributed by atoms with E-state index >= 15 is 0 Å². The van der Waals surface area contributed by atoms with E-state index in [1.807, 2.05) is 74.5 Å². The van der Waals surface area contributed by atoms with Gasteiger partial charge in [0.1, 0.15) is 0 Å². The summed E-state index contributed by atoms with van der Waals surface area (Å²) < 4.78 is -0.118. The Morgan fingerprint density at radius 1 is 0.861 bits per heavy atom. The molecular weight excluding hydrogens is 514 g/mol. The van der Waals surface area contributed by atoms with E-state index in [9.17, 15) is 19.8 Å². The van der Waals surface area contributed by atoms with Crippen molar-refractivity contribution < 1.29 is 19.8 Å². The Morgan fingerprint density at radius 2 is 1.47 bits per heavy atom. The maximum Gasteiger partial charge on any atom is 0.307 e. The molecule has 36 heavy (non-hydrogen) atoms. The van der Waals surface area contributed by atoms with Crippen LogP contribution in [0.4, 0.5) is 0 Å². The van der Waals surface area contributed by atoms with Crippen LogP contribution in [-0.4, -0.2) is 37.6 Å². The minimum absolute atomic E-state index is 0.118. The Hall–Kier alpha value is -2.48. The highest BCUT2D eigenvalue weighted by Crippen LogP contribution is 2.46. The van der Waals surface area contributed by atoms with Crippen molar-refractivity contribution in [1.29, 1.82) is 0 Å². The number of carbonyl (C=O) groups is 2. The number of aliphatic carboxylic acids is 2. The number of hydrogen-bond donors (Lipinski definition) is 2. The molecule has 0 aliphatic carbocycles. The van der Waals surface area contributed by atoms with Crippen LogP contribution < -0.4 is 0 Å². The Bertz CT molecular complexity index is 1240. The minimum Gasteiger partial charge on any atom is -0.481 e. The summed E-state index contributed by atoms with van der Waals surface area (Å²) in [5.74, 6) is -2.74. The van der Waals surface area contributed by atoms with Crippen LogP contribution in [0.1, 0.15) is 49.1 Å². The molecule has 190 valence electrons. The van der Waals surface area contributed by atoms with Gasteiger partial charge in [-0.2, -0.15) is 0 Å². The maximum absolute atomic E-state index is 11.5. The summed E-state index contributed by atoms with van der Waals surface area (Å²) in [7, 11) is 0. The number of pyridine rings is 1. The first-order valence-corrected chi connectivity index (χ1v) is 13.9. The lowest BCUT2D eigenvalue weighted by Crippen LogP contribution is -2.23. The van der Waals surface area contributed by atoms with Crippen LogP contribution in [0.25, 0.3) is 23.1 Å². The van der Waals surface area contributed by atoms with Gasteiger partial charge in [0.05, 0.1) is 27.6 Å². The molecule has 0 bridgehead atoms. The van der Waals surface area contributed by atoms with Gasteiger partial charge in [0.15, 0.2) is 0 Å². The number of halogens is 1. The van der Waals surface area contributed by atoms with Crippen LogP contribution in [0.15, 0.2) is 54.6 Å². The number of fused-ring (bicyclic) bond motifs is 1. The van der Waals surface area contributed by atoms with Crippen molar-refractivity contribution in [2.45, 2.75) is 42.8 Å². The topological polar surface area (TPSA) is 87.5 Å². The largest absolute Gasteiger partial charge is 0.481 e. The molecule has 0 amide bonds. The van der Waals surface area contributed by atoms with Gasteiger partial charge in [0, 0.05) is 20.9 Å². The number of rotatable bonds is 11. The third-order valence-electron chi connectivity index (χ3n) is 6.17. The van der Waals surface area contributed by atoms with E-state index in [0.717, 1.165) is 27.7 Å². The van der Waals surface area contributed by atoms with E-state index in [1.165, 1.54) is 0 Å². The summed E-state index contributed by atoms with van der Waals surface area (Å²) in [5, 5.41) is 20.3. The molecule has 1 aromatic heterocycles. The average molecular weight is 544 g/mol. The van der Waals surface area contributed by atoms with Crippen molar-refractivity contribution in [3.63, 3.8) is 0 Å². The van der Waals surface area contributed by atoms with Crippen LogP contribution >= 0.6 is 35.1 Å². The summed E-state index contributed by atoms with van der Waals surface area (Å²) in [6.07, 6.45) is 3.93.